The highest BCUT2D eigenvalue weighted by molar-refractivity contribution is 6.74. The molecule has 0 spiro atoms. The van der Waals surface area contributed by atoms with Gasteiger partial charge in [-0.2, -0.15) is 0 Å². The van der Waals surface area contributed by atoms with Crippen LogP contribution in [-0.2, 0) is 32.7 Å². The average molecular weight is 451 g/mol. The average Bonchev–Trinajstić information content (AvgIpc) is 3.11. The molecular weight excluding hydrogens is 416 g/mol. The minimum Gasteiger partial charge on any atom is -0.460 e. The Balaban J connectivity index is 1.67. The van der Waals surface area contributed by atoms with Crippen molar-refractivity contribution >= 4 is 25.2 Å². The van der Waals surface area contributed by atoms with E-state index >= 15 is 0 Å². The van der Waals surface area contributed by atoms with E-state index in [2.05, 4.69) is 56.3 Å². The lowest BCUT2D eigenvalue weighted by Gasteiger charge is -2.47. The van der Waals surface area contributed by atoms with Gasteiger partial charge in [0, 0.05) is 17.3 Å². The summed E-state index contributed by atoms with van der Waals surface area (Å²) in [6, 6.07) is 17.5. The molecule has 3 aromatic rings. The Bertz CT molecular complexity index is 1120. The first-order valence-electron chi connectivity index (χ1n) is 11.3. The maximum Gasteiger partial charge on any atom is 0.323 e. The van der Waals surface area contributed by atoms with E-state index in [1.165, 1.54) is 0 Å². The first-order valence-corrected chi connectivity index (χ1v) is 14.2. The van der Waals surface area contributed by atoms with Crippen molar-refractivity contribution < 1.29 is 14.0 Å². The zero-order valence-electron chi connectivity index (χ0n) is 19.9. The van der Waals surface area contributed by atoms with Gasteiger partial charge in [0.05, 0.1) is 5.69 Å². The predicted molar refractivity (Wildman–Crippen MR) is 131 cm³/mol. The molecule has 0 bridgehead atoms. The summed E-state index contributed by atoms with van der Waals surface area (Å²) in [6.45, 7) is 13.4. The molecule has 2 aromatic carbocycles. The summed E-state index contributed by atoms with van der Waals surface area (Å²) in [5.74, 6) is -0.255. The molecule has 0 saturated carbocycles. The van der Waals surface area contributed by atoms with Gasteiger partial charge in [-0.25, -0.2) is 0 Å². The zero-order valence-corrected chi connectivity index (χ0v) is 20.9. The van der Waals surface area contributed by atoms with E-state index in [4.69, 9.17) is 9.16 Å². The molecule has 2 heterocycles. The van der Waals surface area contributed by atoms with Gasteiger partial charge in [0.25, 0.3) is 0 Å². The number of carbonyl (C=O) groups excluding carboxylic acids is 1. The molecule has 4 rings (SSSR count). The second-order valence-corrected chi connectivity index (χ2v) is 15.1. The number of hydrogen-bond acceptors (Lipinski definition) is 4. The van der Waals surface area contributed by atoms with Crippen LogP contribution in [0, 0.1) is 0 Å². The number of esters is 1. The Kier molecular flexibility index (Phi) is 5.82. The van der Waals surface area contributed by atoms with Crippen LogP contribution in [-0.4, -0.2) is 25.3 Å². The van der Waals surface area contributed by atoms with E-state index < -0.39 is 20.1 Å². The van der Waals surface area contributed by atoms with Crippen LogP contribution in [0.25, 0.3) is 10.9 Å². The summed E-state index contributed by atoms with van der Waals surface area (Å²) in [5, 5.41) is 4.68. The highest BCUT2D eigenvalue weighted by Gasteiger charge is 2.49. The largest absolute Gasteiger partial charge is 0.460 e. The quantitative estimate of drug-likeness (QED) is 0.391. The molecule has 1 aliphatic heterocycles. The summed E-state index contributed by atoms with van der Waals surface area (Å²) in [7, 11) is -2.15. The smallest absolute Gasteiger partial charge is 0.323 e. The Morgan fingerprint density at radius 2 is 1.75 bits per heavy atom. The molecule has 1 aliphatic rings. The van der Waals surface area contributed by atoms with Gasteiger partial charge >= 0.3 is 5.97 Å². The van der Waals surface area contributed by atoms with E-state index in [9.17, 15) is 4.79 Å². The lowest BCUT2D eigenvalue weighted by atomic mass is 9.92. The SMILES string of the molecule is CC1(O[Si](C)(C)C(C)(C)C)NC(C(=O)OCc2ccccc2)Cc2c1[nH]c1ccccc21. The third-order valence-corrected chi connectivity index (χ3v) is 11.5. The fourth-order valence-electron chi connectivity index (χ4n) is 4.19. The van der Waals surface area contributed by atoms with Crippen LogP contribution < -0.4 is 5.32 Å². The van der Waals surface area contributed by atoms with E-state index in [0.717, 1.165) is 27.7 Å². The van der Waals surface area contributed by atoms with Crippen molar-refractivity contribution in [3.8, 4) is 0 Å². The number of hydrogen-bond donors (Lipinski definition) is 2. The number of aromatic amines is 1. The number of ether oxygens (including phenoxy) is 1. The molecule has 1 aromatic heterocycles. The third-order valence-electron chi connectivity index (χ3n) is 6.92. The lowest BCUT2D eigenvalue weighted by Crippen LogP contribution is -2.60. The van der Waals surface area contributed by atoms with Crippen LogP contribution in [0.15, 0.2) is 54.6 Å². The molecule has 2 unspecified atom stereocenters. The number of H-pyrrole nitrogens is 1. The Morgan fingerprint density at radius 3 is 2.44 bits per heavy atom. The zero-order chi connectivity index (χ0) is 23.1. The van der Waals surface area contributed by atoms with Gasteiger partial charge in [-0.1, -0.05) is 69.3 Å². The van der Waals surface area contributed by atoms with Gasteiger partial charge in [-0.15, -0.1) is 0 Å². The fraction of sp³-hybridized carbons (Fsp3) is 0.423. The van der Waals surface area contributed by atoms with Gasteiger partial charge in [0.1, 0.15) is 18.4 Å². The first kappa shape index (κ1) is 22.8. The maximum absolute atomic E-state index is 13.2. The van der Waals surface area contributed by atoms with Gasteiger partial charge in [-0.05, 0) is 42.2 Å². The molecule has 2 atom stereocenters. The molecule has 0 saturated heterocycles. The van der Waals surface area contributed by atoms with Crippen molar-refractivity contribution in [2.75, 3.05) is 0 Å². The van der Waals surface area contributed by atoms with Crippen molar-refractivity contribution in [1.29, 1.82) is 0 Å². The molecule has 0 radical (unpaired) electrons. The number of para-hydroxylation sites is 1. The second kappa shape index (κ2) is 8.18. The number of nitrogens with one attached hydrogen (secondary N) is 2. The number of fused-ring (bicyclic) bond motifs is 3. The third kappa shape index (κ3) is 4.27. The Hall–Kier alpha value is -2.41. The highest BCUT2D eigenvalue weighted by atomic mass is 28.4. The van der Waals surface area contributed by atoms with Gasteiger partial charge in [-0.3, -0.25) is 10.1 Å². The second-order valence-electron chi connectivity index (χ2n) is 10.4. The number of carbonyl (C=O) groups is 1. The van der Waals surface area contributed by atoms with Crippen molar-refractivity contribution in [2.45, 2.75) is 70.6 Å². The monoisotopic (exact) mass is 450 g/mol. The topological polar surface area (TPSA) is 63.4 Å². The van der Waals surface area contributed by atoms with E-state index in [1.807, 2.05) is 49.4 Å². The summed E-state index contributed by atoms with van der Waals surface area (Å²) in [6.07, 6.45) is 0.559. The molecule has 5 nitrogen and oxygen atoms in total. The minimum absolute atomic E-state index is 0.0324. The summed E-state index contributed by atoms with van der Waals surface area (Å²) < 4.78 is 12.6. The summed E-state index contributed by atoms with van der Waals surface area (Å²) in [4.78, 5) is 16.7. The van der Waals surface area contributed by atoms with E-state index in [1.54, 1.807) is 0 Å². The predicted octanol–water partition coefficient (Wildman–Crippen LogP) is 5.62. The summed E-state index contributed by atoms with van der Waals surface area (Å²) in [5.41, 5.74) is 3.36. The van der Waals surface area contributed by atoms with E-state index in [-0.39, 0.29) is 17.6 Å². The molecular formula is C26H34N2O3Si. The van der Waals surface area contributed by atoms with Crippen LogP contribution in [0.3, 0.4) is 0 Å². The molecule has 0 amide bonds. The van der Waals surface area contributed by atoms with E-state index in [0.29, 0.717) is 6.42 Å². The van der Waals surface area contributed by atoms with Crippen molar-refractivity contribution in [3.63, 3.8) is 0 Å². The number of aromatic nitrogens is 1. The van der Waals surface area contributed by atoms with Gasteiger partial charge in [0.2, 0.25) is 0 Å². The molecule has 32 heavy (non-hydrogen) atoms. The number of rotatable bonds is 5. The lowest BCUT2D eigenvalue weighted by molar-refractivity contribution is -0.150. The summed E-state index contributed by atoms with van der Waals surface area (Å²) >= 11 is 0. The highest BCUT2D eigenvalue weighted by Crippen LogP contribution is 2.44. The fourth-order valence-corrected chi connectivity index (χ4v) is 5.68. The van der Waals surface area contributed by atoms with Crippen LogP contribution in [0.1, 0.15) is 44.5 Å². The standard InChI is InChI=1S/C26H34N2O3Si/c1-25(2,3)32(5,6)31-26(4)23-20(19-14-10-11-15-21(19)27-23)16-22(28-26)24(29)30-17-18-12-8-7-9-13-18/h7-15,22,27-28H,16-17H2,1-6H3. The maximum atomic E-state index is 13.2. The van der Waals surface area contributed by atoms with Crippen molar-refractivity contribution in [1.82, 2.24) is 10.3 Å². The molecule has 0 aliphatic carbocycles. The van der Waals surface area contributed by atoms with Crippen LogP contribution in [0.5, 0.6) is 0 Å². The van der Waals surface area contributed by atoms with Crippen molar-refractivity contribution in [2.24, 2.45) is 0 Å². The van der Waals surface area contributed by atoms with Gasteiger partial charge in [0.15, 0.2) is 8.32 Å². The van der Waals surface area contributed by atoms with Crippen LogP contribution in [0.4, 0.5) is 0 Å². The molecule has 6 heteroatoms. The van der Waals surface area contributed by atoms with Gasteiger partial charge < -0.3 is 14.1 Å². The Morgan fingerprint density at radius 1 is 1.09 bits per heavy atom. The normalized spacial score (nSPS) is 21.4. The van der Waals surface area contributed by atoms with Crippen molar-refractivity contribution in [3.05, 3.63) is 71.4 Å². The Labute approximate surface area is 191 Å². The number of benzene rings is 2. The molecule has 2 N–H and O–H groups in total. The van der Waals surface area contributed by atoms with Crippen LogP contribution >= 0.6 is 0 Å². The van der Waals surface area contributed by atoms with Crippen LogP contribution in [0.2, 0.25) is 18.1 Å². The minimum atomic E-state index is -2.15. The molecule has 170 valence electrons. The molecule has 0 fully saturated rings. The first-order chi connectivity index (χ1) is 15.0.